The Kier molecular flexibility index (Phi) is 4.63. The predicted molar refractivity (Wildman–Crippen MR) is 85.3 cm³/mol. The fraction of sp³-hybridized carbons (Fsp3) is 0.412. The number of hydrogen-bond acceptors (Lipinski definition) is 4. The zero-order valence-electron chi connectivity index (χ0n) is 12.8. The quantitative estimate of drug-likeness (QED) is 0.911. The average molecular weight is 300 g/mol. The largest absolute Gasteiger partial charge is 0.366 e. The number of hydrogen-bond donors (Lipinski definition) is 2. The molecule has 1 atom stereocenters. The zero-order valence-corrected chi connectivity index (χ0v) is 12.8. The monoisotopic (exact) mass is 300 g/mol. The molecular formula is C17H21FN4. The van der Waals surface area contributed by atoms with Gasteiger partial charge in [0.25, 0.3) is 0 Å². The first-order valence-electron chi connectivity index (χ1n) is 7.75. The van der Waals surface area contributed by atoms with Crippen molar-refractivity contribution in [1.29, 1.82) is 0 Å². The molecule has 2 heterocycles. The number of nitrogens with zero attached hydrogens (tertiary/aromatic N) is 2. The van der Waals surface area contributed by atoms with Crippen molar-refractivity contribution in [2.45, 2.75) is 32.2 Å². The molecule has 1 unspecified atom stereocenters. The summed E-state index contributed by atoms with van der Waals surface area (Å²) < 4.78 is 13.2. The van der Waals surface area contributed by atoms with Crippen LogP contribution < -0.4 is 10.6 Å². The molecular weight excluding hydrogens is 279 g/mol. The summed E-state index contributed by atoms with van der Waals surface area (Å²) in [5.74, 6) is 1.81. The molecule has 1 aromatic carbocycles. The average Bonchev–Trinajstić information content (AvgIpc) is 2.53. The summed E-state index contributed by atoms with van der Waals surface area (Å²) >= 11 is 0. The van der Waals surface area contributed by atoms with Crippen molar-refractivity contribution < 1.29 is 4.39 Å². The van der Waals surface area contributed by atoms with Gasteiger partial charge >= 0.3 is 0 Å². The van der Waals surface area contributed by atoms with Gasteiger partial charge in [-0.1, -0.05) is 12.1 Å². The van der Waals surface area contributed by atoms with Crippen LogP contribution in [0.25, 0.3) is 0 Å². The molecule has 1 aromatic heterocycles. The highest BCUT2D eigenvalue weighted by Crippen LogP contribution is 2.23. The van der Waals surface area contributed by atoms with E-state index in [2.05, 4.69) is 20.6 Å². The highest BCUT2D eigenvalue weighted by atomic mass is 19.1. The van der Waals surface area contributed by atoms with Gasteiger partial charge in [0.15, 0.2) is 0 Å². The molecule has 1 saturated heterocycles. The lowest BCUT2D eigenvalue weighted by atomic mass is 9.96. The van der Waals surface area contributed by atoms with Crippen LogP contribution in [0.4, 0.5) is 10.2 Å². The highest BCUT2D eigenvalue weighted by molar-refractivity contribution is 5.38. The van der Waals surface area contributed by atoms with Gasteiger partial charge in [0.2, 0.25) is 0 Å². The standard InChI is InChI=1S/C17H21FN4/c1-12-21-16(14-5-3-7-19-11-14)9-17(22-12)20-10-13-4-2-6-15(18)8-13/h2,4,6,8-9,14,19H,3,5,7,10-11H2,1H3,(H,20,21,22). The first-order chi connectivity index (χ1) is 10.7. The topological polar surface area (TPSA) is 49.8 Å². The van der Waals surface area contributed by atoms with E-state index in [0.29, 0.717) is 12.5 Å². The van der Waals surface area contributed by atoms with Gasteiger partial charge in [-0.3, -0.25) is 0 Å². The molecule has 3 rings (SSSR count). The summed E-state index contributed by atoms with van der Waals surface area (Å²) in [6, 6.07) is 8.62. The van der Waals surface area contributed by atoms with Crippen LogP contribution in [-0.2, 0) is 6.54 Å². The number of piperidine rings is 1. The first kappa shape index (κ1) is 14.9. The lowest BCUT2D eigenvalue weighted by Crippen LogP contribution is -2.29. The van der Waals surface area contributed by atoms with Gasteiger partial charge in [0, 0.05) is 25.1 Å². The molecule has 2 N–H and O–H groups in total. The van der Waals surface area contributed by atoms with Gasteiger partial charge in [-0.2, -0.15) is 0 Å². The summed E-state index contributed by atoms with van der Waals surface area (Å²) in [4.78, 5) is 9.01. The number of nitrogens with one attached hydrogen (secondary N) is 2. The van der Waals surface area contributed by atoms with Crippen molar-refractivity contribution >= 4 is 5.82 Å². The molecule has 0 saturated carbocycles. The molecule has 0 amide bonds. The summed E-state index contributed by atoms with van der Waals surface area (Å²) in [6.45, 7) is 4.52. The summed E-state index contributed by atoms with van der Waals surface area (Å²) in [5, 5.41) is 6.68. The maximum Gasteiger partial charge on any atom is 0.130 e. The second-order valence-corrected chi connectivity index (χ2v) is 5.75. The first-order valence-corrected chi connectivity index (χ1v) is 7.75. The van der Waals surface area contributed by atoms with Crippen molar-refractivity contribution in [1.82, 2.24) is 15.3 Å². The molecule has 0 spiro atoms. The molecule has 1 aliphatic heterocycles. The Morgan fingerprint density at radius 2 is 2.23 bits per heavy atom. The third kappa shape index (κ3) is 3.80. The third-order valence-electron chi connectivity index (χ3n) is 3.94. The van der Waals surface area contributed by atoms with E-state index in [-0.39, 0.29) is 5.82 Å². The maximum atomic E-state index is 13.2. The van der Waals surface area contributed by atoms with Crippen LogP contribution in [-0.4, -0.2) is 23.1 Å². The van der Waals surface area contributed by atoms with Gasteiger partial charge in [0.1, 0.15) is 17.5 Å². The molecule has 4 nitrogen and oxygen atoms in total. The van der Waals surface area contributed by atoms with Crippen LogP contribution in [0, 0.1) is 12.7 Å². The summed E-state index contributed by atoms with van der Waals surface area (Å²) in [7, 11) is 0. The lowest BCUT2D eigenvalue weighted by molar-refractivity contribution is 0.453. The molecule has 22 heavy (non-hydrogen) atoms. The van der Waals surface area contributed by atoms with Crippen molar-refractivity contribution in [2.75, 3.05) is 18.4 Å². The number of benzene rings is 1. The molecule has 0 radical (unpaired) electrons. The van der Waals surface area contributed by atoms with E-state index in [1.165, 1.54) is 18.6 Å². The van der Waals surface area contributed by atoms with Crippen LogP contribution >= 0.6 is 0 Å². The number of aromatic nitrogens is 2. The van der Waals surface area contributed by atoms with Gasteiger partial charge in [-0.05, 0) is 44.0 Å². The number of rotatable bonds is 4. The molecule has 1 fully saturated rings. The smallest absolute Gasteiger partial charge is 0.130 e. The van der Waals surface area contributed by atoms with Crippen LogP contribution in [0.15, 0.2) is 30.3 Å². The Morgan fingerprint density at radius 3 is 3.00 bits per heavy atom. The van der Waals surface area contributed by atoms with E-state index in [9.17, 15) is 4.39 Å². The molecule has 0 aliphatic carbocycles. The van der Waals surface area contributed by atoms with Gasteiger partial charge in [-0.25, -0.2) is 14.4 Å². The van der Waals surface area contributed by atoms with Gasteiger partial charge < -0.3 is 10.6 Å². The van der Waals surface area contributed by atoms with Crippen LogP contribution in [0.3, 0.4) is 0 Å². The number of aryl methyl sites for hydroxylation is 1. The van der Waals surface area contributed by atoms with E-state index < -0.39 is 0 Å². The van der Waals surface area contributed by atoms with Gasteiger partial charge in [0.05, 0.1) is 5.69 Å². The Labute approximate surface area is 130 Å². The Bertz CT molecular complexity index is 638. The highest BCUT2D eigenvalue weighted by Gasteiger charge is 2.17. The minimum atomic E-state index is -0.216. The van der Waals surface area contributed by atoms with Crippen LogP contribution in [0.1, 0.15) is 35.8 Å². The minimum absolute atomic E-state index is 0.216. The second-order valence-electron chi connectivity index (χ2n) is 5.75. The van der Waals surface area contributed by atoms with Crippen LogP contribution in [0.2, 0.25) is 0 Å². The molecule has 2 aromatic rings. The van der Waals surface area contributed by atoms with Crippen molar-refractivity contribution in [3.05, 3.63) is 53.2 Å². The molecule has 0 bridgehead atoms. The second kappa shape index (κ2) is 6.83. The maximum absolute atomic E-state index is 13.2. The predicted octanol–water partition coefficient (Wildman–Crippen LogP) is 3.00. The van der Waals surface area contributed by atoms with E-state index in [4.69, 9.17) is 0 Å². The fourth-order valence-electron chi connectivity index (χ4n) is 2.83. The normalized spacial score (nSPS) is 18.2. The lowest BCUT2D eigenvalue weighted by Gasteiger charge is -2.22. The molecule has 1 aliphatic rings. The fourth-order valence-corrected chi connectivity index (χ4v) is 2.83. The Morgan fingerprint density at radius 1 is 1.32 bits per heavy atom. The number of anilines is 1. The summed E-state index contributed by atoms with van der Waals surface area (Å²) in [5.41, 5.74) is 1.98. The van der Waals surface area contributed by atoms with Gasteiger partial charge in [-0.15, -0.1) is 0 Å². The van der Waals surface area contributed by atoms with E-state index in [0.717, 1.165) is 42.4 Å². The Balaban J connectivity index is 1.71. The minimum Gasteiger partial charge on any atom is -0.366 e. The molecule has 5 heteroatoms. The summed E-state index contributed by atoms with van der Waals surface area (Å²) in [6.07, 6.45) is 2.34. The van der Waals surface area contributed by atoms with Crippen molar-refractivity contribution in [3.63, 3.8) is 0 Å². The Hall–Kier alpha value is -2.01. The van der Waals surface area contributed by atoms with E-state index in [1.807, 2.05) is 19.1 Å². The van der Waals surface area contributed by atoms with Crippen molar-refractivity contribution in [2.24, 2.45) is 0 Å². The molecule has 116 valence electrons. The van der Waals surface area contributed by atoms with Crippen LogP contribution in [0.5, 0.6) is 0 Å². The van der Waals surface area contributed by atoms with E-state index >= 15 is 0 Å². The zero-order chi connectivity index (χ0) is 15.4. The van der Waals surface area contributed by atoms with Crippen molar-refractivity contribution in [3.8, 4) is 0 Å². The van der Waals surface area contributed by atoms with E-state index in [1.54, 1.807) is 6.07 Å². The number of halogens is 1. The SMILES string of the molecule is Cc1nc(NCc2cccc(F)c2)cc(C2CCCNC2)n1. The third-order valence-corrected chi connectivity index (χ3v) is 3.94.